The Balaban J connectivity index is 1.26. The molecule has 7 heteroatoms. The smallest absolute Gasteiger partial charge is 0.185 e. The van der Waals surface area contributed by atoms with Crippen LogP contribution in [0.1, 0.15) is 29.1 Å². The molecule has 2 aliphatic rings. The third-order valence-corrected chi connectivity index (χ3v) is 7.83. The highest BCUT2D eigenvalue weighted by atomic mass is 32.1. The van der Waals surface area contributed by atoms with Crippen LogP contribution in [0.2, 0.25) is 0 Å². The third kappa shape index (κ3) is 3.38. The van der Waals surface area contributed by atoms with Crippen molar-refractivity contribution in [2.24, 2.45) is 0 Å². The van der Waals surface area contributed by atoms with Gasteiger partial charge >= 0.3 is 0 Å². The summed E-state index contributed by atoms with van der Waals surface area (Å²) in [5, 5.41) is 1.23. The second-order valence-corrected chi connectivity index (χ2v) is 9.58. The van der Waals surface area contributed by atoms with Crippen LogP contribution in [0, 0.1) is 0 Å². The average Bonchev–Trinajstić information content (AvgIpc) is 3.33. The zero-order chi connectivity index (χ0) is 18.4. The minimum absolute atomic E-state index is 0.427. The van der Waals surface area contributed by atoms with Gasteiger partial charge in [-0.3, -0.25) is 4.90 Å². The molecule has 0 aliphatic carbocycles. The highest BCUT2D eigenvalue weighted by molar-refractivity contribution is 7.16. The summed E-state index contributed by atoms with van der Waals surface area (Å²) in [6.45, 7) is 8.80. The quantitative estimate of drug-likeness (QED) is 0.672. The average molecular weight is 400 g/mol. The Labute approximate surface area is 168 Å². The van der Waals surface area contributed by atoms with Crippen molar-refractivity contribution >= 4 is 38.0 Å². The summed E-state index contributed by atoms with van der Waals surface area (Å²) in [5.74, 6) is 0. The van der Waals surface area contributed by atoms with Crippen LogP contribution in [-0.4, -0.2) is 59.5 Å². The predicted molar refractivity (Wildman–Crippen MR) is 114 cm³/mol. The van der Waals surface area contributed by atoms with E-state index >= 15 is 0 Å². The van der Waals surface area contributed by atoms with Crippen molar-refractivity contribution in [3.63, 3.8) is 0 Å². The highest BCUT2D eigenvalue weighted by Gasteiger charge is 2.26. The number of rotatable bonds is 3. The van der Waals surface area contributed by atoms with Crippen molar-refractivity contribution in [2.45, 2.75) is 25.9 Å². The van der Waals surface area contributed by atoms with Crippen LogP contribution in [0.25, 0.3) is 10.2 Å². The Hall–Kier alpha value is -1.54. The number of piperazine rings is 1. The SMILES string of the molecule is CC(c1ccc2scnc2c1)N1CCN(c2nc3c(s2)CN(C)CC3)CC1. The summed E-state index contributed by atoms with van der Waals surface area (Å²) in [6, 6.07) is 7.17. The third-order valence-electron chi connectivity index (χ3n) is 5.88. The number of nitrogens with zero attached hydrogens (tertiary/aromatic N) is 5. The number of benzene rings is 1. The molecule has 0 bridgehead atoms. The Morgan fingerprint density at radius 3 is 2.81 bits per heavy atom. The van der Waals surface area contributed by atoms with Gasteiger partial charge in [0.2, 0.25) is 0 Å². The zero-order valence-electron chi connectivity index (χ0n) is 15.9. The fourth-order valence-corrected chi connectivity index (χ4v) is 5.99. The van der Waals surface area contributed by atoms with Crippen LogP contribution >= 0.6 is 22.7 Å². The van der Waals surface area contributed by atoms with Crippen LogP contribution in [0.5, 0.6) is 0 Å². The molecule has 0 N–H and O–H groups in total. The molecule has 1 saturated heterocycles. The summed E-state index contributed by atoms with van der Waals surface area (Å²) in [5.41, 5.74) is 5.76. The van der Waals surface area contributed by atoms with Crippen molar-refractivity contribution in [2.75, 3.05) is 44.7 Å². The summed E-state index contributed by atoms with van der Waals surface area (Å²) in [7, 11) is 2.20. The van der Waals surface area contributed by atoms with Gasteiger partial charge in [-0.15, -0.1) is 22.7 Å². The van der Waals surface area contributed by atoms with Gasteiger partial charge in [0.25, 0.3) is 0 Å². The van der Waals surface area contributed by atoms with Gasteiger partial charge in [-0.05, 0) is 31.7 Å². The van der Waals surface area contributed by atoms with E-state index < -0.39 is 0 Å². The summed E-state index contributed by atoms with van der Waals surface area (Å²) >= 11 is 3.61. The Morgan fingerprint density at radius 2 is 1.96 bits per heavy atom. The van der Waals surface area contributed by atoms with E-state index in [9.17, 15) is 0 Å². The molecule has 27 heavy (non-hydrogen) atoms. The molecule has 0 spiro atoms. The van der Waals surface area contributed by atoms with Gasteiger partial charge in [0, 0.05) is 56.6 Å². The molecule has 3 aromatic rings. The van der Waals surface area contributed by atoms with Gasteiger partial charge in [0.15, 0.2) is 5.13 Å². The van der Waals surface area contributed by atoms with Crippen LogP contribution in [-0.2, 0) is 13.0 Å². The predicted octanol–water partition coefficient (Wildman–Crippen LogP) is 3.62. The van der Waals surface area contributed by atoms with E-state index in [1.54, 1.807) is 11.3 Å². The van der Waals surface area contributed by atoms with E-state index in [-0.39, 0.29) is 0 Å². The number of anilines is 1. The summed E-state index contributed by atoms with van der Waals surface area (Å²) in [4.78, 5) is 18.4. The Morgan fingerprint density at radius 1 is 1.11 bits per heavy atom. The van der Waals surface area contributed by atoms with E-state index in [2.05, 4.69) is 51.9 Å². The van der Waals surface area contributed by atoms with Gasteiger partial charge in [-0.1, -0.05) is 6.07 Å². The number of fused-ring (bicyclic) bond motifs is 2. The minimum Gasteiger partial charge on any atom is -0.346 e. The van der Waals surface area contributed by atoms with Crippen molar-refractivity contribution in [3.8, 4) is 0 Å². The van der Waals surface area contributed by atoms with Crippen molar-refractivity contribution in [3.05, 3.63) is 39.8 Å². The molecule has 0 saturated carbocycles. The monoisotopic (exact) mass is 399 g/mol. The van der Waals surface area contributed by atoms with Crippen LogP contribution in [0.4, 0.5) is 5.13 Å². The summed E-state index contributed by atoms with van der Waals surface area (Å²) < 4.78 is 1.27. The van der Waals surface area contributed by atoms with Crippen molar-refractivity contribution in [1.82, 2.24) is 19.8 Å². The molecule has 0 amide bonds. The Bertz CT molecular complexity index is 941. The molecule has 2 aliphatic heterocycles. The molecule has 1 unspecified atom stereocenters. The molecule has 4 heterocycles. The lowest BCUT2D eigenvalue weighted by Crippen LogP contribution is -2.47. The first-order chi connectivity index (χ1) is 13.2. The van der Waals surface area contributed by atoms with Gasteiger partial charge in [-0.25, -0.2) is 9.97 Å². The lowest BCUT2D eigenvalue weighted by Gasteiger charge is -2.38. The fourth-order valence-electron chi connectivity index (χ4n) is 4.09. The van der Waals surface area contributed by atoms with E-state index in [0.717, 1.165) is 51.2 Å². The van der Waals surface area contributed by atoms with E-state index in [1.807, 2.05) is 16.8 Å². The highest BCUT2D eigenvalue weighted by Crippen LogP contribution is 2.32. The largest absolute Gasteiger partial charge is 0.346 e. The second-order valence-electron chi connectivity index (χ2n) is 7.63. The standard InChI is InChI=1S/C20H25N5S2/c1-14(15-3-4-18-17(11-15)21-13-26-18)24-7-9-25(10-8-24)20-22-16-5-6-23(2)12-19(16)27-20/h3-4,11,13-14H,5-10,12H2,1-2H3. The molecule has 1 fully saturated rings. The first kappa shape index (κ1) is 17.6. The fraction of sp³-hybridized carbons (Fsp3) is 0.500. The van der Waals surface area contributed by atoms with Gasteiger partial charge in [0.05, 0.1) is 21.4 Å². The zero-order valence-corrected chi connectivity index (χ0v) is 17.5. The van der Waals surface area contributed by atoms with Crippen LogP contribution in [0.15, 0.2) is 23.7 Å². The number of likely N-dealkylation sites (N-methyl/N-ethyl adjacent to an activating group) is 1. The molecule has 2 aromatic heterocycles. The van der Waals surface area contributed by atoms with Gasteiger partial charge in [0.1, 0.15) is 0 Å². The summed E-state index contributed by atoms with van der Waals surface area (Å²) in [6.07, 6.45) is 1.10. The first-order valence-electron chi connectivity index (χ1n) is 9.66. The molecular weight excluding hydrogens is 374 g/mol. The molecule has 1 aromatic carbocycles. The van der Waals surface area contributed by atoms with Gasteiger partial charge in [-0.2, -0.15) is 0 Å². The molecule has 1 atom stereocenters. The normalized spacial score (nSPS) is 20.1. The van der Waals surface area contributed by atoms with E-state index in [0.29, 0.717) is 6.04 Å². The lowest BCUT2D eigenvalue weighted by molar-refractivity contribution is 0.198. The number of hydrogen-bond acceptors (Lipinski definition) is 7. The topological polar surface area (TPSA) is 35.5 Å². The lowest BCUT2D eigenvalue weighted by atomic mass is 10.1. The molecular formula is C20H25N5S2. The maximum absolute atomic E-state index is 4.96. The minimum atomic E-state index is 0.427. The van der Waals surface area contributed by atoms with E-state index in [1.165, 1.54) is 26.0 Å². The molecule has 0 radical (unpaired) electrons. The van der Waals surface area contributed by atoms with Crippen molar-refractivity contribution in [1.29, 1.82) is 0 Å². The van der Waals surface area contributed by atoms with Crippen LogP contribution in [0.3, 0.4) is 0 Å². The van der Waals surface area contributed by atoms with Gasteiger partial charge < -0.3 is 9.80 Å². The maximum Gasteiger partial charge on any atom is 0.185 e. The maximum atomic E-state index is 4.96. The number of hydrogen-bond donors (Lipinski definition) is 0. The van der Waals surface area contributed by atoms with Crippen molar-refractivity contribution < 1.29 is 0 Å². The second kappa shape index (κ2) is 7.13. The molecule has 5 nitrogen and oxygen atoms in total. The molecule has 5 rings (SSSR count). The van der Waals surface area contributed by atoms with E-state index in [4.69, 9.17) is 4.98 Å². The number of thiazole rings is 2. The Kier molecular flexibility index (Phi) is 4.63. The van der Waals surface area contributed by atoms with Crippen LogP contribution < -0.4 is 4.90 Å². The first-order valence-corrected chi connectivity index (χ1v) is 11.4. The molecule has 142 valence electrons. The number of aromatic nitrogens is 2.